The first-order valence-electron chi connectivity index (χ1n) is 6.12. The van der Waals surface area contributed by atoms with E-state index in [9.17, 15) is 4.79 Å². The van der Waals surface area contributed by atoms with Gasteiger partial charge in [-0.1, -0.05) is 0 Å². The second-order valence-electron chi connectivity index (χ2n) is 4.19. The molecule has 1 aromatic heterocycles. The maximum atomic E-state index is 11.6. The monoisotopic (exact) mass is 286 g/mol. The molecule has 7 heteroatoms. The lowest BCUT2D eigenvalue weighted by Crippen LogP contribution is -2.27. The van der Waals surface area contributed by atoms with Crippen LogP contribution in [-0.2, 0) is 14.2 Å². The molecule has 2 heterocycles. The Kier molecular flexibility index (Phi) is 4.73. The Labute approximate surface area is 116 Å². The van der Waals surface area contributed by atoms with E-state index in [1.165, 1.54) is 11.3 Å². The fraction of sp³-hybridized carbons (Fsp3) is 0.667. The molecule has 0 saturated carbocycles. The van der Waals surface area contributed by atoms with Crippen molar-refractivity contribution >= 4 is 22.4 Å². The minimum absolute atomic E-state index is 0.0277. The van der Waals surface area contributed by atoms with Crippen molar-refractivity contribution < 1.29 is 19.0 Å². The third-order valence-corrected chi connectivity index (χ3v) is 3.97. The molecule has 0 aliphatic carbocycles. The number of methoxy groups -OCH3 is 2. The van der Waals surface area contributed by atoms with E-state index < -0.39 is 0 Å². The molecule has 2 atom stereocenters. The molecule has 0 amide bonds. The van der Waals surface area contributed by atoms with Crippen molar-refractivity contribution in [2.24, 2.45) is 0 Å². The van der Waals surface area contributed by atoms with Gasteiger partial charge >= 0.3 is 5.97 Å². The number of ether oxygens (including phenoxy) is 3. The molecule has 1 fully saturated rings. The zero-order valence-corrected chi connectivity index (χ0v) is 12.1. The number of esters is 1. The molecule has 0 N–H and O–H groups in total. The van der Waals surface area contributed by atoms with Crippen LogP contribution < -0.4 is 4.90 Å². The molecule has 6 nitrogen and oxygen atoms in total. The summed E-state index contributed by atoms with van der Waals surface area (Å²) in [6.45, 7) is 3.56. The molecule has 2 unspecified atom stereocenters. The topological polar surface area (TPSA) is 60.9 Å². The van der Waals surface area contributed by atoms with Crippen LogP contribution in [0.5, 0.6) is 0 Å². The molecule has 2 rings (SSSR count). The maximum absolute atomic E-state index is 11.6. The molecule has 106 valence electrons. The third-order valence-electron chi connectivity index (χ3n) is 3.07. The highest BCUT2D eigenvalue weighted by Crippen LogP contribution is 2.26. The zero-order chi connectivity index (χ0) is 13.8. The Morgan fingerprint density at radius 2 is 2.05 bits per heavy atom. The van der Waals surface area contributed by atoms with Crippen LogP contribution in [0, 0.1) is 0 Å². The van der Waals surface area contributed by atoms with Gasteiger partial charge in [-0.05, 0) is 6.92 Å². The summed E-state index contributed by atoms with van der Waals surface area (Å²) >= 11 is 1.43. The summed E-state index contributed by atoms with van der Waals surface area (Å²) in [6, 6.07) is 0. The highest BCUT2D eigenvalue weighted by molar-refractivity contribution is 7.13. The van der Waals surface area contributed by atoms with Crippen LogP contribution in [0.1, 0.15) is 17.4 Å². The van der Waals surface area contributed by atoms with Gasteiger partial charge in [-0.15, -0.1) is 11.3 Å². The van der Waals surface area contributed by atoms with E-state index in [-0.39, 0.29) is 18.2 Å². The number of rotatable bonds is 5. The van der Waals surface area contributed by atoms with Crippen molar-refractivity contribution in [3.63, 3.8) is 0 Å². The lowest BCUT2D eigenvalue weighted by atomic mass is 10.3. The van der Waals surface area contributed by atoms with E-state index >= 15 is 0 Å². The summed E-state index contributed by atoms with van der Waals surface area (Å²) in [5.74, 6) is -0.379. The van der Waals surface area contributed by atoms with E-state index in [1.807, 2.05) is 0 Å². The molecular formula is C12H18N2O4S. The first-order valence-corrected chi connectivity index (χ1v) is 7.00. The van der Waals surface area contributed by atoms with Crippen LogP contribution in [0.15, 0.2) is 5.38 Å². The fourth-order valence-electron chi connectivity index (χ4n) is 2.06. The van der Waals surface area contributed by atoms with Gasteiger partial charge < -0.3 is 19.1 Å². The van der Waals surface area contributed by atoms with Crippen LogP contribution in [0.4, 0.5) is 5.13 Å². The SMILES string of the molecule is CCOC(=O)c1csc(N2CC(OC)C(OC)C2)n1. The molecule has 19 heavy (non-hydrogen) atoms. The van der Waals surface area contributed by atoms with Gasteiger partial charge in [0.25, 0.3) is 0 Å². The Morgan fingerprint density at radius 3 is 2.58 bits per heavy atom. The lowest BCUT2D eigenvalue weighted by Gasteiger charge is -2.13. The molecule has 1 aliphatic rings. The Balaban J connectivity index is 2.05. The third kappa shape index (κ3) is 3.05. The average Bonchev–Trinajstić information content (AvgIpc) is 3.05. The molecular weight excluding hydrogens is 268 g/mol. The van der Waals surface area contributed by atoms with Crippen LogP contribution in [-0.4, -0.2) is 57.1 Å². The van der Waals surface area contributed by atoms with Gasteiger partial charge in [-0.25, -0.2) is 9.78 Å². The van der Waals surface area contributed by atoms with E-state index in [1.54, 1.807) is 26.5 Å². The van der Waals surface area contributed by atoms with Crippen molar-refractivity contribution in [2.75, 3.05) is 38.8 Å². The van der Waals surface area contributed by atoms with Crippen molar-refractivity contribution in [1.82, 2.24) is 4.98 Å². The van der Waals surface area contributed by atoms with E-state index in [0.29, 0.717) is 25.4 Å². The average molecular weight is 286 g/mol. The Morgan fingerprint density at radius 1 is 1.42 bits per heavy atom. The first kappa shape index (κ1) is 14.2. The molecule has 0 bridgehead atoms. The number of nitrogens with zero attached hydrogens (tertiary/aromatic N) is 2. The number of carbonyl (C=O) groups is 1. The van der Waals surface area contributed by atoms with Crippen LogP contribution in [0.25, 0.3) is 0 Å². The molecule has 0 aromatic carbocycles. The summed E-state index contributed by atoms with van der Waals surface area (Å²) < 4.78 is 15.7. The number of hydrogen-bond acceptors (Lipinski definition) is 7. The molecule has 0 radical (unpaired) electrons. The number of anilines is 1. The summed E-state index contributed by atoms with van der Waals surface area (Å²) in [5.41, 5.74) is 0.358. The van der Waals surface area contributed by atoms with Gasteiger partial charge in [0.05, 0.1) is 6.61 Å². The summed E-state index contributed by atoms with van der Waals surface area (Å²) in [6.07, 6.45) is 0.0555. The van der Waals surface area contributed by atoms with Crippen LogP contribution in [0.3, 0.4) is 0 Å². The standard InChI is InChI=1S/C12H18N2O4S/c1-4-18-11(15)8-7-19-12(13-8)14-5-9(16-2)10(6-14)17-3/h7,9-10H,4-6H2,1-3H3. The number of carbonyl (C=O) groups excluding carboxylic acids is 1. The molecule has 1 aromatic rings. The van der Waals surface area contributed by atoms with E-state index in [4.69, 9.17) is 14.2 Å². The highest BCUT2D eigenvalue weighted by atomic mass is 32.1. The van der Waals surface area contributed by atoms with Crippen molar-refractivity contribution in [2.45, 2.75) is 19.1 Å². The Hall–Kier alpha value is -1.18. The van der Waals surface area contributed by atoms with Crippen LogP contribution >= 0.6 is 11.3 Å². The molecule has 1 aliphatic heterocycles. The van der Waals surface area contributed by atoms with E-state index in [2.05, 4.69) is 9.88 Å². The minimum Gasteiger partial charge on any atom is -0.461 e. The van der Waals surface area contributed by atoms with Gasteiger partial charge in [0.15, 0.2) is 10.8 Å². The highest BCUT2D eigenvalue weighted by Gasteiger charge is 2.34. The van der Waals surface area contributed by atoms with Crippen LogP contribution in [0.2, 0.25) is 0 Å². The maximum Gasteiger partial charge on any atom is 0.357 e. The second kappa shape index (κ2) is 6.31. The normalized spacial score (nSPS) is 22.8. The minimum atomic E-state index is -0.379. The van der Waals surface area contributed by atoms with Gasteiger partial charge in [0.2, 0.25) is 0 Å². The Bertz CT molecular complexity index is 425. The van der Waals surface area contributed by atoms with Crippen molar-refractivity contribution in [3.05, 3.63) is 11.1 Å². The van der Waals surface area contributed by atoms with Gasteiger partial charge in [0.1, 0.15) is 12.2 Å². The van der Waals surface area contributed by atoms with Crippen molar-refractivity contribution in [1.29, 1.82) is 0 Å². The summed E-state index contributed by atoms with van der Waals surface area (Å²) in [4.78, 5) is 17.9. The summed E-state index contributed by atoms with van der Waals surface area (Å²) in [7, 11) is 3.35. The second-order valence-corrected chi connectivity index (χ2v) is 5.03. The number of hydrogen-bond donors (Lipinski definition) is 0. The number of thiazole rings is 1. The largest absolute Gasteiger partial charge is 0.461 e. The molecule has 1 saturated heterocycles. The predicted octanol–water partition coefficient (Wildman–Crippen LogP) is 1.17. The first-order chi connectivity index (χ1) is 9.19. The smallest absolute Gasteiger partial charge is 0.357 e. The van der Waals surface area contributed by atoms with E-state index in [0.717, 1.165) is 5.13 Å². The van der Waals surface area contributed by atoms with Gasteiger partial charge in [-0.3, -0.25) is 0 Å². The quantitative estimate of drug-likeness (QED) is 0.757. The summed E-state index contributed by atoms with van der Waals surface area (Å²) in [5, 5.41) is 2.51. The zero-order valence-electron chi connectivity index (χ0n) is 11.3. The fourth-order valence-corrected chi connectivity index (χ4v) is 2.88. The predicted molar refractivity (Wildman–Crippen MR) is 71.9 cm³/mol. The lowest BCUT2D eigenvalue weighted by molar-refractivity contribution is -0.00461. The van der Waals surface area contributed by atoms with Gasteiger partial charge in [0, 0.05) is 32.7 Å². The van der Waals surface area contributed by atoms with Gasteiger partial charge in [-0.2, -0.15) is 0 Å². The van der Waals surface area contributed by atoms with Crippen molar-refractivity contribution in [3.8, 4) is 0 Å². The molecule has 0 spiro atoms. The number of aromatic nitrogens is 1.